The number of hydrogen-bond acceptors (Lipinski definition) is 6. The van der Waals surface area contributed by atoms with Crippen molar-refractivity contribution in [1.29, 1.82) is 0 Å². The zero-order valence-corrected chi connectivity index (χ0v) is 16.5. The molecule has 148 valence electrons. The second-order valence-electron chi connectivity index (χ2n) is 7.63. The number of rotatable bonds is 4. The minimum Gasteiger partial charge on any atom is -0.353 e. The fourth-order valence-corrected chi connectivity index (χ4v) is 4.04. The van der Waals surface area contributed by atoms with Crippen molar-refractivity contribution in [3.8, 4) is 0 Å². The van der Waals surface area contributed by atoms with Crippen molar-refractivity contribution in [3.05, 3.63) is 42.0 Å². The summed E-state index contributed by atoms with van der Waals surface area (Å²) in [6.07, 6.45) is 7.62. The lowest BCUT2D eigenvalue weighted by atomic mass is 9.95. The fourth-order valence-electron chi connectivity index (χ4n) is 4.04. The number of aromatic nitrogens is 3. The molecular weight excluding hydrogens is 352 g/mol. The summed E-state index contributed by atoms with van der Waals surface area (Å²) in [6.45, 7) is 5.30. The number of anilines is 2. The van der Waals surface area contributed by atoms with Crippen molar-refractivity contribution >= 4 is 17.5 Å². The molecule has 0 bridgehead atoms. The Morgan fingerprint density at radius 1 is 1.00 bits per heavy atom. The van der Waals surface area contributed by atoms with E-state index in [9.17, 15) is 4.79 Å². The van der Waals surface area contributed by atoms with Crippen LogP contribution in [0.15, 0.2) is 30.5 Å². The molecule has 0 atom stereocenters. The second kappa shape index (κ2) is 8.54. The largest absolute Gasteiger partial charge is 0.353 e. The highest BCUT2D eigenvalue weighted by molar-refractivity contribution is 5.93. The molecule has 1 aliphatic heterocycles. The van der Waals surface area contributed by atoms with Gasteiger partial charge in [-0.25, -0.2) is 15.0 Å². The van der Waals surface area contributed by atoms with Gasteiger partial charge in [-0.1, -0.05) is 25.3 Å². The molecule has 0 spiro atoms. The summed E-state index contributed by atoms with van der Waals surface area (Å²) in [7, 11) is 0. The number of carbonyl (C=O) groups excluding carboxylic acids is 1. The molecule has 2 aromatic heterocycles. The van der Waals surface area contributed by atoms with Gasteiger partial charge >= 0.3 is 0 Å². The molecule has 1 saturated heterocycles. The van der Waals surface area contributed by atoms with Gasteiger partial charge in [-0.3, -0.25) is 4.79 Å². The Morgan fingerprint density at radius 3 is 2.39 bits per heavy atom. The Hall–Kier alpha value is -2.70. The maximum Gasteiger partial charge on any atom is 0.270 e. The van der Waals surface area contributed by atoms with Crippen LogP contribution in [0.2, 0.25) is 0 Å². The quantitative estimate of drug-likeness (QED) is 0.879. The Morgan fingerprint density at radius 2 is 1.71 bits per heavy atom. The monoisotopic (exact) mass is 380 g/mol. The fraction of sp³-hybridized carbons (Fsp3) is 0.524. The van der Waals surface area contributed by atoms with Crippen LogP contribution in [0.1, 0.15) is 48.4 Å². The van der Waals surface area contributed by atoms with Crippen molar-refractivity contribution in [1.82, 2.24) is 20.3 Å². The van der Waals surface area contributed by atoms with E-state index in [0.717, 1.165) is 50.7 Å². The number of piperazine rings is 1. The number of amides is 1. The molecular formula is C21H28N6O. The summed E-state index contributed by atoms with van der Waals surface area (Å²) < 4.78 is 0. The number of aryl methyl sites for hydroxylation is 1. The molecule has 7 heteroatoms. The van der Waals surface area contributed by atoms with Gasteiger partial charge < -0.3 is 15.1 Å². The number of carbonyl (C=O) groups is 1. The highest BCUT2D eigenvalue weighted by atomic mass is 16.1. The lowest BCUT2D eigenvalue weighted by Crippen LogP contribution is -2.47. The van der Waals surface area contributed by atoms with Crippen LogP contribution in [0.3, 0.4) is 0 Å². The molecule has 1 N–H and O–H groups in total. The van der Waals surface area contributed by atoms with Crippen molar-refractivity contribution in [2.45, 2.75) is 45.1 Å². The number of hydrogen-bond donors (Lipinski definition) is 1. The highest BCUT2D eigenvalue weighted by Gasteiger charge is 2.22. The van der Waals surface area contributed by atoms with E-state index in [0.29, 0.717) is 11.5 Å². The first-order chi connectivity index (χ1) is 13.7. The Kier molecular flexibility index (Phi) is 5.69. The first-order valence-electron chi connectivity index (χ1n) is 10.3. The maximum atomic E-state index is 12.7. The predicted molar refractivity (Wildman–Crippen MR) is 110 cm³/mol. The zero-order chi connectivity index (χ0) is 19.3. The van der Waals surface area contributed by atoms with Gasteiger partial charge in [-0.05, 0) is 31.9 Å². The molecule has 28 heavy (non-hydrogen) atoms. The molecule has 0 aromatic carbocycles. The Balaban J connectivity index is 1.42. The molecule has 1 saturated carbocycles. The summed E-state index contributed by atoms with van der Waals surface area (Å²) in [5.41, 5.74) is 0.472. The van der Waals surface area contributed by atoms with Gasteiger partial charge in [0.25, 0.3) is 5.91 Å². The summed E-state index contributed by atoms with van der Waals surface area (Å²) in [5.74, 6) is 2.40. The summed E-state index contributed by atoms with van der Waals surface area (Å²) in [4.78, 5) is 30.6. The van der Waals surface area contributed by atoms with Crippen LogP contribution in [-0.4, -0.2) is 53.1 Å². The van der Waals surface area contributed by atoms with E-state index in [-0.39, 0.29) is 11.9 Å². The van der Waals surface area contributed by atoms with E-state index in [1.807, 2.05) is 37.4 Å². The molecule has 2 aromatic rings. The smallest absolute Gasteiger partial charge is 0.270 e. The average Bonchev–Trinajstić information content (AvgIpc) is 2.75. The number of nitrogens with one attached hydrogen (secondary N) is 1. The van der Waals surface area contributed by atoms with E-state index in [2.05, 4.69) is 30.1 Å². The molecule has 1 aliphatic carbocycles. The average molecular weight is 380 g/mol. The van der Waals surface area contributed by atoms with Crippen LogP contribution in [0.25, 0.3) is 0 Å². The van der Waals surface area contributed by atoms with Crippen LogP contribution < -0.4 is 15.1 Å². The molecule has 2 aliphatic rings. The van der Waals surface area contributed by atoms with Gasteiger partial charge in [-0.15, -0.1) is 0 Å². The van der Waals surface area contributed by atoms with E-state index < -0.39 is 0 Å². The Bertz CT molecular complexity index is 798. The normalized spacial score (nSPS) is 18.2. The van der Waals surface area contributed by atoms with Crippen LogP contribution in [0.5, 0.6) is 0 Å². The first kappa shape index (κ1) is 18.7. The lowest BCUT2D eigenvalue weighted by Gasteiger charge is -2.36. The van der Waals surface area contributed by atoms with Gasteiger partial charge in [0.1, 0.15) is 23.2 Å². The number of nitrogens with zero attached hydrogens (tertiary/aromatic N) is 5. The topological polar surface area (TPSA) is 74.2 Å². The lowest BCUT2D eigenvalue weighted by molar-refractivity contribution is 0.0922. The summed E-state index contributed by atoms with van der Waals surface area (Å²) in [5, 5.41) is 3.16. The van der Waals surface area contributed by atoms with Crippen LogP contribution in [0.4, 0.5) is 11.6 Å². The molecule has 2 fully saturated rings. The molecule has 3 heterocycles. The third-order valence-corrected chi connectivity index (χ3v) is 5.57. The van der Waals surface area contributed by atoms with Gasteiger partial charge in [0.2, 0.25) is 0 Å². The van der Waals surface area contributed by atoms with Gasteiger partial charge in [0.05, 0.1) is 0 Å². The van der Waals surface area contributed by atoms with Crippen molar-refractivity contribution < 1.29 is 4.79 Å². The molecule has 0 unspecified atom stereocenters. The molecule has 0 radical (unpaired) electrons. The molecule has 4 rings (SSSR count). The first-order valence-corrected chi connectivity index (χ1v) is 10.3. The second-order valence-corrected chi connectivity index (χ2v) is 7.63. The van der Waals surface area contributed by atoms with Crippen molar-refractivity contribution in [3.63, 3.8) is 0 Å². The maximum absolute atomic E-state index is 12.7. The summed E-state index contributed by atoms with van der Waals surface area (Å²) in [6, 6.07) is 8.10. The van der Waals surface area contributed by atoms with Crippen molar-refractivity contribution in [2.24, 2.45) is 0 Å². The van der Waals surface area contributed by atoms with Crippen LogP contribution in [-0.2, 0) is 0 Å². The zero-order valence-electron chi connectivity index (χ0n) is 16.5. The van der Waals surface area contributed by atoms with Crippen LogP contribution >= 0.6 is 0 Å². The Labute approximate surface area is 166 Å². The number of pyridine rings is 1. The van der Waals surface area contributed by atoms with E-state index in [1.165, 1.54) is 19.3 Å². The van der Waals surface area contributed by atoms with Crippen LogP contribution in [0, 0.1) is 6.92 Å². The van der Waals surface area contributed by atoms with Crippen molar-refractivity contribution in [2.75, 3.05) is 36.0 Å². The van der Waals surface area contributed by atoms with E-state index >= 15 is 0 Å². The summed E-state index contributed by atoms with van der Waals surface area (Å²) >= 11 is 0. The SMILES string of the molecule is Cc1nc(C(=O)NC2CCCCC2)cc(N2CCN(c3ccccn3)CC2)n1. The standard InChI is InChI=1S/C21H28N6O/c1-16-23-18(21(28)25-17-7-3-2-4-8-17)15-20(24-16)27-13-11-26(12-14-27)19-9-5-6-10-22-19/h5-6,9-10,15,17H,2-4,7-8,11-14H2,1H3,(H,25,28). The highest BCUT2D eigenvalue weighted by Crippen LogP contribution is 2.20. The van der Waals surface area contributed by atoms with Gasteiger partial charge in [0, 0.05) is 44.5 Å². The minimum atomic E-state index is -0.0780. The van der Waals surface area contributed by atoms with E-state index in [4.69, 9.17) is 0 Å². The molecule has 1 amide bonds. The predicted octanol–water partition coefficient (Wildman–Crippen LogP) is 2.57. The van der Waals surface area contributed by atoms with E-state index in [1.54, 1.807) is 0 Å². The van der Waals surface area contributed by atoms with Gasteiger partial charge in [0.15, 0.2) is 0 Å². The third-order valence-electron chi connectivity index (χ3n) is 5.57. The minimum absolute atomic E-state index is 0.0780. The van der Waals surface area contributed by atoms with Gasteiger partial charge in [-0.2, -0.15) is 0 Å². The third kappa shape index (κ3) is 4.40. The molecule has 7 nitrogen and oxygen atoms in total.